The molecule has 1 aromatic carbocycles. The predicted octanol–water partition coefficient (Wildman–Crippen LogP) is 3.80. The number of hydrogen-bond acceptors (Lipinski definition) is 4. The molecule has 1 aliphatic rings. The van der Waals surface area contributed by atoms with Crippen LogP contribution in [-0.2, 0) is 17.6 Å². The standard InChI is InChI=1S/C16H20N2O2S/c1-16(2,3)20-15(19)18-12-8-7-11-5-4-6-14(17-10-21)13(11)9-12/h4-6,12H,7-9H2,1-3H3,(H,18,19). The van der Waals surface area contributed by atoms with E-state index < -0.39 is 5.60 Å². The number of nitrogens with one attached hydrogen (secondary N) is 1. The van der Waals surface area contributed by atoms with E-state index in [-0.39, 0.29) is 12.1 Å². The van der Waals surface area contributed by atoms with Crippen LogP contribution in [0.5, 0.6) is 0 Å². The first-order valence-electron chi connectivity index (χ1n) is 7.07. The molecule has 0 spiro atoms. The number of hydrogen-bond donors (Lipinski definition) is 1. The van der Waals surface area contributed by atoms with Crippen molar-refractivity contribution in [1.82, 2.24) is 5.32 Å². The fraction of sp³-hybridized carbons (Fsp3) is 0.500. The van der Waals surface area contributed by atoms with Crippen LogP contribution >= 0.6 is 12.2 Å². The van der Waals surface area contributed by atoms with Crippen molar-refractivity contribution in [2.24, 2.45) is 4.99 Å². The molecule has 1 aromatic rings. The van der Waals surface area contributed by atoms with E-state index in [1.165, 1.54) is 5.56 Å². The number of aliphatic imine (C=N–C) groups is 1. The topological polar surface area (TPSA) is 50.7 Å². The third kappa shape index (κ3) is 4.38. The highest BCUT2D eigenvalue weighted by molar-refractivity contribution is 7.78. The third-order valence-corrected chi connectivity index (χ3v) is 3.44. The number of isothiocyanates is 1. The minimum Gasteiger partial charge on any atom is -0.444 e. The predicted molar refractivity (Wildman–Crippen MR) is 86.3 cm³/mol. The number of amides is 1. The SMILES string of the molecule is CC(C)(C)OC(=O)NC1CCc2cccc(N=C=S)c2C1. The molecule has 1 aliphatic carbocycles. The maximum atomic E-state index is 11.9. The molecule has 1 atom stereocenters. The zero-order chi connectivity index (χ0) is 15.5. The number of rotatable bonds is 2. The molecule has 1 N–H and O–H groups in total. The fourth-order valence-corrected chi connectivity index (χ4v) is 2.62. The van der Waals surface area contributed by atoms with Crippen LogP contribution in [0.3, 0.4) is 0 Å². The Morgan fingerprint density at radius 2 is 2.24 bits per heavy atom. The first-order chi connectivity index (χ1) is 9.89. The molecule has 0 aromatic heterocycles. The highest BCUT2D eigenvalue weighted by Gasteiger charge is 2.24. The molecule has 0 radical (unpaired) electrons. The van der Waals surface area contributed by atoms with E-state index in [1.54, 1.807) is 0 Å². The van der Waals surface area contributed by atoms with Crippen molar-refractivity contribution in [3.8, 4) is 0 Å². The van der Waals surface area contributed by atoms with Gasteiger partial charge in [0, 0.05) is 6.04 Å². The van der Waals surface area contributed by atoms with Crippen molar-refractivity contribution < 1.29 is 9.53 Å². The highest BCUT2D eigenvalue weighted by Crippen LogP contribution is 2.29. The molecule has 5 heteroatoms. The van der Waals surface area contributed by atoms with Crippen LogP contribution in [0.4, 0.5) is 10.5 Å². The number of thiocarbonyl (C=S) groups is 1. The number of ether oxygens (including phenoxy) is 1. The first kappa shape index (κ1) is 15.7. The van der Waals surface area contributed by atoms with Crippen LogP contribution in [0.15, 0.2) is 23.2 Å². The van der Waals surface area contributed by atoms with Crippen molar-refractivity contribution in [3.63, 3.8) is 0 Å². The summed E-state index contributed by atoms with van der Waals surface area (Å²) in [5.74, 6) is 0. The first-order valence-corrected chi connectivity index (χ1v) is 7.48. The monoisotopic (exact) mass is 304 g/mol. The van der Waals surface area contributed by atoms with Gasteiger partial charge in [0.25, 0.3) is 0 Å². The lowest BCUT2D eigenvalue weighted by Gasteiger charge is -2.28. The molecule has 0 saturated carbocycles. The molecule has 0 heterocycles. The van der Waals surface area contributed by atoms with Crippen molar-refractivity contribution >= 4 is 29.2 Å². The number of fused-ring (bicyclic) bond motifs is 1. The molecule has 1 unspecified atom stereocenters. The number of carbonyl (C=O) groups is 1. The average molecular weight is 304 g/mol. The van der Waals surface area contributed by atoms with E-state index in [1.807, 2.05) is 32.9 Å². The van der Waals surface area contributed by atoms with E-state index >= 15 is 0 Å². The molecular formula is C16H20N2O2S. The number of aryl methyl sites for hydroxylation is 1. The Kier molecular flexibility index (Phi) is 4.76. The second-order valence-electron chi connectivity index (χ2n) is 6.20. The van der Waals surface area contributed by atoms with E-state index in [0.29, 0.717) is 0 Å². The van der Waals surface area contributed by atoms with E-state index in [4.69, 9.17) is 17.0 Å². The largest absolute Gasteiger partial charge is 0.444 e. The Bertz CT molecular complexity index is 586. The summed E-state index contributed by atoms with van der Waals surface area (Å²) >= 11 is 4.69. The van der Waals surface area contributed by atoms with E-state index in [2.05, 4.69) is 21.5 Å². The molecule has 21 heavy (non-hydrogen) atoms. The van der Waals surface area contributed by atoms with Gasteiger partial charge >= 0.3 is 6.09 Å². The minimum atomic E-state index is -0.483. The van der Waals surface area contributed by atoms with Crippen molar-refractivity contribution in [3.05, 3.63) is 29.3 Å². The maximum absolute atomic E-state index is 11.9. The summed E-state index contributed by atoms with van der Waals surface area (Å²) in [7, 11) is 0. The second kappa shape index (κ2) is 6.37. The number of carbonyl (C=O) groups excluding carboxylic acids is 1. The quantitative estimate of drug-likeness (QED) is 0.668. The number of nitrogens with zero attached hydrogens (tertiary/aromatic N) is 1. The van der Waals surface area contributed by atoms with Crippen LogP contribution in [-0.4, -0.2) is 22.9 Å². The van der Waals surface area contributed by atoms with Crippen molar-refractivity contribution in [2.45, 2.75) is 51.7 Å². The third-order valence-electron chi connectivity index (χ3n) is 3.35. The number of alkyl carbamates (subject to hydrolysis) is 1. The smallest absolute Gasteiger partial charge is 0.407 e. The summed E-state index contributed by atoms with van der Waals surface area (Å²) in [5.41, 5.74) is 2.77. The highest BCUT2D eigenvalue weighted by atomic mass is 32.1. The summed E-state index contributed by atoms with van der Waals surface area (Å²) in [5, 5.41) is 5.35. The Balaban J connectivity index is 2.08. The fourth-order valence-electron chi connectivity index (χ4n) is 2.52. The molecule has 2 rings (SSSR count). The van der Waals surface area contributed by atoms with Gasteiger partial charge in [0.1, 0.15) is 5.60 Å². The summed E-state index contributed by atoms with van der Waals surface area (Å²) in [6.07, 6.45) is 2.19. The molecular weight excluding hydrogens is 284 g/mol. The lowest BCUT2D eigenvalue weighted by atomic mass is 9.87. The minimum absolute atomic E-state index is 0.0637. The molecule has 4 nitrogen and oxygen atoms in total. The van der Waals surface area contributed by atoms with Crippen LogP contribution in [0.2, 0.25) is 0 Å². The van der Waals surface area contributed by atoms with Crippen molar-refractivity contribution in [1.29, 1.82) is 0 Å². The van der Waals surface area contributed by atoms with Crippen LogP contribution in [0.25, 0.3) is 0 Å². The van der Waals surface area contributed by atoms with Gasteiger partial charge in [-0.3, -0.25) is 0 Å². The van der Waals surface area contributed by atoms with Gasteiger partial charge in [-0.15, -0.1) is 0 Å². The van der Waals surface area contributed by atoms with Crippen LogP contribution < -0.4 is 5.32 Å². The van der Waals surface area contributed by atoms with Gasteiger partial charge in [0.05, 0.1) is 10.8 Å². The van der Waals surface area contributed by atoms with Gasteiger partial charge in [-0.1, -0.05) is 12.1 Å². The van der Waals surface area contributed by atoms with Crippen LogP contribution in [0, 0.1) is 0 Å². The molecule has 0 fully saturated rings. The zero-order valence-electron chi connectivity index (χ0n) is 12.6. The molecule has 0 aliphatic heterocycles. The normalized spacial score (nSPS) is 17.4. The van der Waals surface area contributed by atoms with Gasteiger partial charge in [0.2, 0.25) is 0 Å². The summed E-state index contributed by atoms with van der Waals surface area (Å²) in [4.78, 5) is 16.0. The van der Waals surface area contributed by atoms with Gasteiger partial charge in [0.15, 0.2) is 0 Å². The van der Waals surface area contributed by atoms with Gasteiger partial charge in [-0.2, -0.15) is 4.99 Å². The summed E-state index contributed by atoms with van der Waals surface area (Å²) in [6.45, 7) is 5.57. The van der Waals surface area contributed by atoms with Crippen molar-refractivity contribution in [2.75, 3.05) is 0 Å². The van der Waals surface area contributed by atoms with E-state index in [0.717, 1.165) is 30.5 Å². The average Bonchev–Trinajstić information content (AvgIpc) is 2.37. The number of benzene rings is 1. The molecule has 0 bridgehead atoms. The zero-order valence-corrected chi connectivity index (χ0v) is 13.4. The van der Waals surface area contributed by atoms with Gasteiger partial charge < -0.3 is 10.1 Å². The van der Waals surface area contributed by atoms with Gasteiger partial charge in [-0.25, -0.2) is 4.79 Å². The Labute approximate surface area is 130 Å². The Morgan fingerprint density at radius 1 is 1.48 bits per heavy atom. The lowest BCUT2D eigenvalue weighted by molar-refractivity contribution is 0.0500. The van der Waals surface area contributed by atoms with Gasteiger partial charge in [-0.05, 0) is 69.4 Å². The lowest BCUT2D eigenvalue weighted by Crippen LogP contribution is -2.41. The molecule has 112 valence electrons. The summed E-state index contributed by atoms with van der Waals surface area (Å²) < 4.78 is 5.30. The maximum Gasteiger partial charge on any atom is 0.407 e. The Hall–Kier alpha value is -1.71. The Morgan fingerprint density at radius 3 is 2.90 bits per heavy atom. The summed E-state index contributed by atoms with van der Waals surface area (Å²) in [6, 6.07) is 6.07. The van der Waals surface area contributed by atoms with Crippen LogP contribution in [0.1, 0.15) is 38.3 Å². The molecule has 0 saturated heterocycles. The molecule has 1 amide bonds. The van der Waals surface area contributed by atoms with E-state index in [9.17, 15) is 4.79 Å². The second-order valence-corrected chi connectivity index (χ2v) is 6.39.